The van der Waals surface area contributed by atoms with Crippen molar-refractivity contribution < 1.29 is 0 Å². The normalized spacial score (nSPS) is 23.9. The van der Waals surface area contributed by atoms with Crippen LogP contribution in [0.25, 0.3) is 0 Å². The van der Waals surface area contributed by atoms with Gasteiger partial charge in [-0.05, 0) is 39.8 Å². The van der Waals surface area contributed by atoms with Gasteiger partial charge in [0.1, 0.15) is 0 Å². The summed E-state index contributed by atoms with van der Waals surface area (Å²) in [5.74, 6) is 1.21. The Bertz CT molecular complexity index is 442. The molecule has 0 radical (unpaired) electrons. The molecule has 0 amide bonds. The fourth-order valence-corrected chi connectivity index (χ4v) is 3.49. The maximum Gasteiger partial charge on any atom is 0.0562 e. The molecule has 4 heteroatoms. The Labute approximate surface area is 127 Å². The Balaban J connectivity index is 2.09. The number of hydrogen-bond donors (Lipinski definition) is 1. The molecular weight excluding hydrogens is 266 g/mol. The van der Waals surface area contributed by atoms with Gasteiger partial charge in [0.05, 0.1) is 5.69 Å². The largest absolute Gasteiger partial charge is 0.367 e. The first kappa shape index (κ1) is 15.6. The summed E-state index contributed by atoms with van der Waals surface area (Å²) in [7, 11) is 0. The van der Waals surface area contributed by atoms with Crippen molar-refractivity contribution in [1.82, 2.24) is 10.3 Å². The van der Waals surface area contributed by atoms with Crippen molar-refractivity contribution in [1.29, 1.82) is 0 Å². The summed E-state index contributed by atoms with van der Waals surface area (Å²) >= 11 is 2.07. The van der Waals surface area contributed by atoms with E-state index in [-0.39, 0.29) is 5.54 Å². The summed E-state index contributed by atoms with van der Waals surface area (Å²) in [5, 5.41) is 4.19. The topological polar surface area (TPSA) is 28.2 Å². The fourth-order valence-electron chi connectivity index (χ4n) is 2.39. The van der Waals surface area contributed by atoms with Crippen molar-refractivity contribution in [2.45, 2.75) is 58.0 Å². The second-order valence-electron chi connectivity index (χ2n) is 6.62. The lowest BCUT2D eigenvalue weighted by Crippen LogP contribution is -2.44. The Morgan fingerprint density at radius 3 is 2.85 bits per heavy atom. The highest BCUT2D eigenvalue weighted by Crippen LogP contribution is 2.29. The zero-order valence-electron chi connectivity index (χ0n) is 13.3. The second-order valence-corrected chi connectivity index (χ2v) is 8.10. The number of pyridine rings is 1. The number of aromatic nitrogens is 1. The molecule has 0 aromatic carbocycles. The Morgan fingerprint density at radius 1 is 1.40 bits per heavy atom. The Morgan fingerprint density at radius 2 is 2.15 bits per heavy atom. The number of thioether (sulfide) groups is 1. The molecule has 1 saturated heterocycles. The highest BCUT2D eigenvalue weighted by Gasteiger charge is 2.25. The molecule has 2 rings (SSSR count). The van der Waals surface area contributed by atoms with E-state index < -0.39 is 0 Å². The lowest BCUT2D eigenvalue weighted by Gasteiger charge is -2.39. The minimum absolute atomic E-state index is 0.126. The van der Waals surface area contributed by atoms with Crippen molar-refractivity contribution >= 4 is 17.4 Å². The monoisotopic (exact) mass is 293 g/mol. The van der Waals surface area contributed by atoms with Crippen molar-refractivity contribution in [3.8, 4) is 0 Å². The van der Waals surface area contributed by atoms with Crippen LogP contribution < -0.4 is 10.2 Å². The average Bonchev–Trinajstić information content (AvgIpc) is 2.39. The van der Waals surface area contributed by atoms with Gasteiger partial charge in [-0.2, -0.15) is 11.8 Å². The number of rotatable bonds is 3. The maximum absolute atomic E-state index is 4.49. The van der Waals surface area contributed by atoms with Gasteiger partial charge in [-0.15, -0.1) is 0 Å². The van der Waals surface area contributed by atoms with E-state index in [0.29, 0.717) is 11.3 Å². The van der Waals surface area contributed by atoms with Gasteiger partial charge in [0.15, 0.2) is 0 Å². The van der Waals surface area contributed by atoms with Gasteiger partial charge in [0.25, 0.3) is 0 Å². The first-order valence-corrected chi connectivity index (χ1v) is 8.50. The van der Waals surface area contributed by atoms with Crippen LogP contribution in [-0.2, 0) is 6.54 Å². The van der Waals surface area contributed by atoms with Crippen molar-refractivity contribution in [3.63, 3.8) is 0 Å². The molecule has 2 heterocycles. The number of nitrogens with zero attached hydrogens (tertiary/aromatic N) is 2. The molecule has 3 nitrogen and oxygen atoms in total. The van der Waals surface area contributed by atoms with E-state index in [4.69, 9.17) is 0 Å². The standard InChI is InChI=1S/C16H27N3S/c1-12-13(2)20-9-8-19(12)15-6-7-17-14(10-15)11-18-16(3,4)5/h6-7,10,12-13,18H,8-9,11H2,1-5H3. The van der Waals surface area contributed by atoms with E-state index in [1.165, 1.54) is 11.4 Å². The molecule has 0 spiro atoms. The third-order valence-electron chi connectivity index (χ3n) is 3.82. The van der Waals surface area contributed by atoms with Gasteiger partial charge in [-0.25, -0.2) is 0 Å². The summed E-state index contributed by atoms with van der Waals surface area (Å²) < 4.78 is 0. The first-order chi connectivity index (χ1) is 9.37. The molecule has 1 aliphatic rings. The van der Waals surface area contributed by atoms with Crippen molar-refractivity contribution in [2.75, 3.05) is 17.2 Å². The summed E-state index contributed by atoms with van der Waals surface area (Å²) in [6, 6.07) is 4.96. The third kappa shape index (κ3) is 4.13. The quantitative estimate of drug-likeness (QED) is 0.925. The van der Waals surface area contributed by atoms with Crippen LogP contribution >= 0.6 is 11.8 Å². The molecule has 1 N–H and O–H groups in total. The molecule has 0 saturated carbocycles. The minimum Gasteiger partial charge on any atom is -0.367 e. The van der Waals surface area contributed by atoms with E-state index in [0.717, 1.165) is 18.8 Å². The van der Waals surface area contributed by atoms with Crippen molar-refractivity contribution in [3.05, 3.63) is 24.0 Å². The van der Waals surface area contributed by atoms with E-state index in [9.17, 15) is 0 Å². The predicted molar refractivity (Wildman–Crippen MR) is 89.6 cm³/mol. The molecular formula is C16H27N3S. The summed E-state index contributed by atoms with van der Waals surface area (Å²) in [6.07, 6.45) is 1.94. The Kier molecular flexibility index (Phi) is 4.97. The Hall–Kier alpha value is -0.740. The molecule has 1 fully saturated rings. The fraction of sp³-hybridized carbons (Fsp3) is 0.688. The minimum atomic E-state index is 0.126. The van der Waals surface area contributed by atoms with E-state index >= 15 is 0 Å². The maximum atomic E-state index is 4.49. The van der Waals surface area contributed by atoms with Crippen LogP contribution in [0.4, 0.5) is 5.69 Å². The molecule has 1 aromatic heterocycles. The van der Waals surface area contributed by atoms with Crippen LogP contribution in [0.5, 0.6) is 0 Å². The smallest absolute Gasteiger partial charge is 0.0562 e. The predicted octanol–water partition coefficient (Wildman–Crippen LogP) is 3.30. The van der Waals surface area contributed by atoms with Crippen LogP contribution in [0.1, 0.15) is 40.3 Å². The van der Waals surface area contributed by atoms with Gasteiger partial charge in [-0.3, -0.25) is 4.98 Å². The summed E-state index contributed by atoms with van der Waals surface area (Å²) in [5.41, 5.74) is 2.56. The third-order valence-corrected chi connectivity index (χ3v) is 5.15. The molecule has 2 unspecified atom stereocenters. The molecule has 112 valence electrons. The zero-order chi connectivity index (χ0) is 14.8. The van der Waals surface area contributed by atoms with Crippen molar-refractivity contribution in [2.24, 2.45) is 0 Å². The number of nitrogens with one attached hydrogen (secondary N) is 1. The molecule has 20 heavy (non-hydrogen) atoms. The van der Waals surface area contributed by atoms with E-state index in [2.05, 4.69) is 73.7 Å². The molecule has 1 aromatic rings. The number of anilines is 1. The van der Waals surface area contributed by atoms with E-state index in [1.807, 2.05) is 6.20 Å². The lowest BCUT2D eigenvalue weighted by molar-refractivity contribution is 0.421. The molecule has 0 bridgehead atoms. The van der Waals surface area contributed by atoms with Crippen LogP contribution in [-0.4, -0.2) is 34.1 Å². The number of hydrogen-bond acceptors (Lipinski definition) is 4. The van der Waals surface area contributed by atoms with Crippen LogP contribution in [0, 0.1) is 0 Å². The van der Waals surface area contributed by atoms with E-state index in [1.54, 1.807) is 0 Å². The second kappa shape index (κ2) is 6.35. The summed E-state index contributed by atoms with van der Waals surface area (Å²) in [4.78, 5) is 7.00. The SMILES string of the molecule is CC1SCCN(c2ccnc(CNC(C)(C)C)c2)C1C. The zero-order valence-corrected chi connectivity index (χ0v) is 14.1. The van der Waals surface area contributed by atoms with Gasteiger partial charge in [0, 0.05) is 47.6 Å². The molecule has 0 aliphatic carbocycles. The lowest BCUT2D eigenvalue weighted by atomic mass is 10.1. The highest BCUT2D eigenvalue weighted by atomic mass is 32.2. The molecule has 2 atom stereocenters. The first-order valence-electron chi connectivity index (χ1n) is 7.45. The van der Waals surface area contributed by atoms with Gasteiger partial charge in [-0.1, -0.05) is 6.92 Å². The van der Waals surface area contributed by atoms with Gasteiger partial charge >= 0.3 is 0 Å². The van der Waals surface area contributed by atoms with Gasteiger partial charge < -0.3 is 10.2 Å². The average molecular weight is 293 g/mol. The molecule has 1 aliphatic heterocycles. The van der Waals surface area contributed by atoms with Gasteiger partial charge in [0.2, 0.25) is 0 Å². The summed E-state index contributed by atoms with van der Waals surface area (Å²) in [6.45, 7) is 13.2. The van der Waals surface area contributed by atoms with Crippen LogP contribution in [0.15, 0.2) is 18.3 Å². The van der Waals surface area contributed by atoms with Crippen LogP contribution in [0.2, 0.25) is 0 Å². The van der Waals surface area contributed by atoms with Crippen LogP contribution in [0.3, 0.4) is 0 Å². The highest BCUT2D eigenvalue weighted by molar-refractivity contribution is 8.00.